The molecule has 0 bridgehead atoms. The predicted octanol–water partition coefficient (Wildman–Crippen LogP) is 3.57. The predicted molar refractivity (Wildman–Crippen MR) is 87.7 cm³/mol. The number of aromatic nitrogens is 2. The minimum Gasteiger partial charge on any atom is -0.507 e. The van der Waals surface area contributed by atoms with Crippen molar-refractivity contribution in [1.29, 1.82) is 0 Å². The molecule has 0 saturated heterocycles. The van der Waals surface area contributed by atoms with Gasteiger partial charge in [0.2, 0.25) is 5.91 Å². The normalized spacial score (nSPS) is 11.6. The van der Waals surface area contributed by atoms with Crippen LogP contribution in [0.15, 0.2) is 12.1 Å². The van der Waals surface area contributed by atoms with Gasteiger partial charge >= 0.3 is 6.18 Å². The van der Waals surface area contributed by atoms with Gasteiger partial charge in [0, 0.05) is 22.5 Å². The van der Waals surface area contributed by atoms with Crippen molar-refractivity contribution >= 4 is 11.6 Å². The van der Waals surface area contributed by atoms with E-state index in [1.165, 1.54) is 6.92 Å². The number of hydrogen-bond donors (Lipinski definition) is 2. The summed E-state index contributed by atoms with van der Waals surface area (Å²) < 4.78 is 38.6. The van der Waals surface area contributed by atoms with Crippen LogP contribution in [0.2, 0.25) is 0 Å². The summed E-state index contributed by atoms with van der Waals surface area (Å²) in [6, 6.07) is 3.35. The van der Waals surface area contributed by atoms with Crippen molar-refractivity contribution in [3.05, 3.63) is 40.2 Å². The van der Waals surface area contributed by atoms with E-state index < -0.39 is 12.7 Å². The van der Waals surface area contributed by atoms with Crippen LogP contribution in [0, 0.1) is 27.7 Å². The number of carbonyl (C=O) groups is 1. The Kier molecular flexibility index (Phi) is 5.10. The van der Waals surface area contributed by atoms with Gasteiger partial charge in [-0.3, -0.25) is 9.48 Å². The second-order valence-electron chi connectivity index (χ2n) is 6.05. The van der Waals surface area contributed by atoms with Crippen molar-refractivity contribution in [3.8, 4) is 5.75 Å². The van der Waals surface area contributed by atoms with Crippen LogP contribution in [0.5, 0.6) is 5.75 Å². The first-order valence-corrected chi connectivity index (χ1v) is 7.68. The zero-order valence-electron chi connectivity index (χ0n) is 14.5. The van der Waals surface area contributed by atoms with Gasteiger partial charge in [0.25, 0.3) is 0 Å². The number of alkyl halides is 3. The Balaban J connectivity index is 2.18. The average Bonchev–Trinajstić information content (AvgIpc) is 2.74. The van der Waals surface area contributed by atoms with Gasteiger partial charge in [-0.05, 0) is 39.3 Å². The van der Waals surface area contributed by atoms with Crippen molar-refractivity contribution in [2.75, 3.05) is 5.32 Å². The highest BCUT2D eigenvalue weighted by molar-refractivity contribution is 5.93. The number of amides is 1. The largest absolute Gasteiger partial charge is 0.507 e. The maximum atomic E-state index is 12.6. The van der Waals surface area contributed by atoms with E-state index in [9.17, 15) is 23.1 Å². The van der Waals surface area contributed by atoms with E-state index in [1.54, 1.807) is 32.9 Å². The van der Waals surface area contributed by atoms with Crippen LogP contribution in [0.1, 0.15) is 28.1 Å². The summed E-state index contributed by atoms with van der Waals surface area (Å²) in [6.07, 6.45) is -4.47. The van der Waals surface area contributed by atoms with Gasteiger partial charge in [0.1, 0.15) is 12.3 Å². The van der Waals surface area contributed by atoms with E-state index >= 15 is 0 Å². The lowest BCUT2D eigenvalue weighted by Crippen LogP contribution is -2.20. The molecule has 2 N–H and O–H groups in total. The lowest BCUT2D eigenvalue weighted by molar-refractivity contribution is -0.142. The van der Waals surface area contributed by atoms with Gasteiger partial charge < -0.3 is 10.4 Å². The molecule has 1 heterocycles. The lowest BCUT2D eigenvalue weighted by atomic mass is 10.1. The number of carbonyl (C=O) groups excluding carboxylic acids is 1. The molecule has 1 aromatic carbocycles. The van der Waals surface area contributed by atoms with Gasteiger partial charge in [0.05, 0.1) is 12.1 Å². The smallest absolute Gasteiger partial charge is 0.408 e. The zero-order valence-corrected chi connectivity index (χ0v) is 14.5. The molecule has 1 amide bonds. The molecule has 0 atom stereocenters. The molecule has 136 valence electrons. The van der Waals surface area contributed by atoms with Crippen molar-refractivity contribution < 1.29 is 23.1 Å². The minimum atomic E-state index is -4.38. The SMILES string of the molecule is Cc1ccc(NC(=O)Cc2c(C)nn(CC(F)(F)F)c2C)c(C)c1O. The fraction of sp³-hybridized carbons (Fsp3) is 0.412. The molecule has 1 aromatic heterocycles. The summed E-state index contributed by atoms with van der Waals surface area (Å²) in [7, 11) is 0. The highest BCUT2D eigenvalue weighted by Crippen LogP contribution is 2.28. The summed E-state index contributed by atoms with van der Waals surface area (Å²) in [5.74, 6) is -0.285. The molecule has 5 nitrogen and oxygen atoms in total. The molecular formula is C17H20F3N3O2. The Bertz CT molecular complexity index is 810. The number of nitrogens with one attached hydrogen (secondary N) is 1. The second-order valence-corrected chi connectivity index (χ2v) is 6.05. The Morgan fingerprint density at radius 3 is 2.48 bits per heavy atom. The van der Waals surface area contributed by atoms with E-state index in [2.05, 4.69) is 10.4 Å². The third kappa shape index (κ3) is 4.32. The third-order valence-electron chi connectivity index (χ3n) is 4.10. The number of aromatic hydroxyl groups is 1. The molecule has 2 aromatic rings. The number of halogens is 3. The van der Waals surface area contributed by atoms with Crippen molar-refractivity contribution in [2.45, 2.75) is 46.8 Å². The van der Waals surface area contributed by atoms with E-state index in [0.29, 0.717) is 33.8 Å². The van der Waals surface area contributed by atoms with Gasteiger partial charge in [0.15, 0.2) is 0 Å². The molecule has 0 aliphatic rings. The van der Waals surface area contributed by atoms with Crippen LogP contribution in [0.4, 0.5) is 18.9 Å². The first-order valence-electron chi connectivity index (χ1n) is 7.68. The molecule has 0 aliphatic carbocycles. The Hall–Kier alpha value is -2.51. The zero-order chi connectivity index (χ0) is 18.9. The maximum absolute atomic E-state index is 12.6. The van der Waals surface area contributed by atoms with E-state index in [0.717, 1.165) is 4.68 Å². The number of phenolic OH excluding ortho intramolecular Hbond substituents is 1. The number of anilines is 1. The minimum absolute atomic E-state index is 0.0936. The quantitative estimate of drug-likeness (QED) is 0.881. The molecule has 8 heteroatoms. The summed E-state index contributed by atoms with van der Waals surface area (Å²) in [5.41, 5.74) is 2.86. The van der Waals surface area contributed by atoms with Crippen LogP contribution in [-0.2, 0) is 17.8 Å². The maximum Gasteiger partial charge on any atom is 0.408 e. The van der Waals surface area contributed by atoms with Crippen molar-refractivity contribution in [2.24, 2.45) is 0 Å². The average molecular weight is 355 g/mol. The number of rotatable bonds is 4. The Morgan fingerprint density at radius 1 is 1.24 bits per heavy atom. The molecule has 0 radical (unpaired) electrons. The molecular weight excluding hydrogens is 335 g/mol. The number of aryl methyl sites for hydroxylation is 2. The van der Waals surface area contributed by atoms with Crippen molar-refractivity contribution in [1.82, 2.24) is 9.78 Å². The van der Waals surface area contributed by atoms with Gasteiger partial charge in [-0.25, -0.2) is 0 Å². The molecule has 0 unspecified atom stereocenters. The molecule has 0 saturated carbocycles. The summed E-state index contributed by atoms with van der Waals surface area (Å²) in [5, 5.41) is 16.5. The van der Waals surface area contributed by atoms with Gasteiger partial charge in [-0.15, -0.1) is 0 Å². The number of phenols is 1. The van der Waals surface area contributed by atoms with Crippen LogP contribution in [-0.4, -0.2) is 27.0 Å². The fourth-order valence-corrected chi connectivity index (χ4v) is 2.64. The molecule has 0 fully saturated rings. The monoisotopic (exact) mass is 355 g/mol. The van der Waals surface area contributed by atoms with Crippen LogP contribution < -0.4 is 5.32 Å². The third-order valence-corrected chi connectivity index (χ3v) is 4.10. The van der Waals surface area contributed by atoms with E-state index in [4.69, 9.17) is 0 Å². The first kappa shape index (κ1) is 18.8. The lowest BCUT2D eigenvalue weighted by Gasteiger charge is -2.12. The highest BCUT2D eigenvalue weighted by Gasteiger charge is 2.30. The van der Waals surface area contributed by atoms with E-state index in [1.807, 2.05) is 0 Å². The molecule has 0 aliphatic heterocycles. The van der Waals surface area contributed by atoms with Gasteiger partial charge in [-0.1, -0.05) is 6.07 Å². The van der Waals surface area contributed by atoms with Gasteiger partial charge in [-0.2, -0.15) is 18.3 Å². The number of nitrogens with zero attached hydrogens (tertiary/aromatic N) is 2. The van der Waals surface area contributed by atoms with Crippen LogP contribution in [0.25, 0.3) is 0 Å². The number of benzene rings is 1. The topological polar surface area (TPSA) is 67.2 Å². The Labute approximate surface area is 143 Å². The van der Waals surface area contributed by atoms with Crippen LogP contribution in [0.3, 0.4) is 0 Å². The fourth-order valence-electron chi connectivity index (χ4n) is 2.64. The first-order chi connectivity index (χ1) is 11.5. The Morgan fingerprint density at radius 2 is 1.88 bits per heavy atom. The van der Waals surface area contributed by atoms with Crippen molar-refractivity contribution in [3.63, 3.8) is 0 Å². The summed E-state index contributed by atoms with van der Waals surface area (Å²) in [4.78, 5) is 12.3. The highest BCUT2D eigenvalue weighted by atomic mass is 19.4. The summed E-state index contributed by atoms with van der Waals surface area (Å²) in [6.45, 7) is 5.32. The number of hydrogen-bond acceptors (Lipinski definition) is 3. The second kappa shape index (κ2) is 6.78. The molecule has 0 spiro atoms. The molecule has 25 heavy (non-hydrogen) atoms. The standard InChI is InChI=1S/C17H20F3N3O2/c1-9-5-6-14(10(2)16(9)25)21-15(24)7-13-11(3)22-23(12(13)4)8-17(18,19)20/h5-6,25H,7-8H2,1-4H3,(H,21,24). The van der Waals surface area contributed by atoms with Crippen LogP contribution >= 0.6 is 0 Å². The molecule has 2 rings (SSSR count). The summed E-state index contributed by atoms with van der Waals surface area (Å²) >= 11 is 0. The van der Waals surface area contributed by atoms with E-state index in [-0.39, 0.29) is 18.1 Å².